The monoisotopic (exact) mass is 307 g/mol. The van der Waals surface area contributed by atoms with Gasteiger partial charge in [0, 0.05) is 13.1 Å². The zero-order chi connectivity index (χ0) is 13.0. The number of rotatable bonds is 4. The summed E-state index contributed by atoms with van der Waals surface area (Å²) in [6.45, 7) is 3.13. The summed E-state index contributed by atoms with van der Waals surface area (Å²) in [5.74, 6) is -0.120. The third-order valence-corrected chi connectivity index (χ3v) is 3.19. The van der Waals surface area contributed by atoms with Gasteiger partial charge < -0.3 is 5.32 Å². The molecule has 0 aliphatic carbocycles. The van der Waals surface area contributed by atoms with Gasteiger partial charge >= 0.3 is 0 Å². The summed E-state index contributed by atoms with van der Waals surface area (Å²) in [6, 6.07) is 9.81. The van der Waals surface area contributed by atoms with Crippen LogP contribution < -0.4 is 5.32 Å². The van der Waals surface area contributed by atoms with E-state index >= 15 is 0 Å². The number of nitrogens with zero attached hydrogens (tertiary/aromatic N) is 2. The van der Waals surface area contributed by atoms with Crippen molar-refractivity contribution in [3.05, 3.63) is 52.3 Å². The average molecular weight is 308 g/mol. The van der Waals surface area contributed by atoms with Crippen LogP contribution in [0.5, 0.6) is 0 Å². The van der Waals surface area contributed by atoms with Crippen molar-refractivity contribution in [2.75, 3.05) is 0 Å². The molecule has 5 heteroatoms. The topological polar surface area (TPSA) is 46.9 Å². The number of hydrogen-bond donors (Lipinski definition) is 1. The number of hydrogen-bond acceptors (Lipinski definition) is 2. The van der Waals surface area contributed by atoms with Gasteiger partial charge in [0.05, 0.1) is 10.7 Å². The summed E-state index contributed by atoms with van der Waals surface area (Å²) in [5, 5.41) is 7.01. The molecule has 1 aromatic heterocycles. The molecular formula is C13H14BrN3O. The SMILES string of the molecule is CCn1ncc(Br)c1C(=O)NCc1ccccc1. The molecule has 2 aromatic rings. The highest BCUT2D eigenvalue weighted by molar-refractivity contribution is 9.10. The van der Waals surface area contributed by atoms with Crippen molar-refractivity contribution < 1.29 is 4.79 Å². The first-order chi connectivity index (χ1) is 8.72. The van der Waals surface area contributed by atoms with Crippen LogP contribution in [0.3, 0.4) is 0 Å². The Bertz CT molecular complexity index is 536. The molecule has 0 radical (unpaired) electrons. The number of amides is 1. The molecule has 0 saturated heterocycles. The fourth-order valence-electron chi connectivity index (χ4n) is 1.69. The molecule has 0 atom stereocenters. The summed E-state index contributed by atoms with van der Waals surface area (Å²) < 4.78 is 2.39. The number of aryl methyl sites for hydroxylation is 1. The Morgan fingerprint density at radius 3 is 2.78 bits per heavy atom. The Kier molecular flexibility index (Phi) is 4.15. The minimum Gasteiger partial charge on any atom is -0.347 e. The Hall–Kier alpha value is -1.62. The predicted octanol–water partition coefficient (Wildman–Crippen LogP) is 2.60. The first-order valence-electron chi connectivity index (χ1n) is 5.75. The molecule has 0 saturated carbocycles. The minimum absolute atomic E-state index is 0.120. The molecular weight excluding hydrogens is 294 g/mol. The second-order valence-electron chi connectivity index (χ2n) is 3.83. The molecule has 1 heterocycles. The highest BCUT2D eigenvalue weighted by Crippen LogP contribution is 2.15. The maximum Gasteiger partial charge on any atom is 0.270 e. The number of nitrogens with one attached hydrogen (secondary N) is 1. The van der Waals surface area contributed by atoms with Gasteiger partial charge in [0.1, 0.15) is 5.69 Å². The molecule has 0 fully saturated rings. The zero-order valence-electron chi connectivity index (χ0n) is 10.1. The number of carbonyl (C=O) groups is 1. The number of aromatic nitrogens is 2. The molecule has 0 bridgehead atoms. The van der Waals surface area contributed by atoms with E-state index in [1.54, 1.807) is 10.9 Å². The van der Waals surface area contributed by atoms with Crippen molar-refractivity contribution in [3.8, 4) is 0 Å². The van der Waals surface area contributed by atoms with Gasteiger partial charge in [-0.15, -0.1) is 0 Å². The summed E-state index contributed by atoms with van der Waals surface area (Å²) in [7, 11) is 0. The van der Waals surface area contributed by atoms with Crippen LogP contribution >= 0.6 is 15.9 Å². The molecule has 94 valence electrons. The second-order valence-corrected chi connectivity index (χ2v) is 4.68. The van der Waals surface area contributed by atoms with E-state index in [4.69, 9.17) is 0 Å². The molecule has 18 heavy (non-hydrogen) atoms. The van der Waals surface area contributed by atoms with E-state index < -0.39 is 0 Å². The van der Waals surface area contributed by atoms with E-state index in [1.807, 2.05) is 37.3 Å². The van der Waals surface area contributed by atoms with Crippen LogP contribution in [0.15, 0.2) is 41.0 Å². The maximum atomic E-state index is 12.1. The minimum atomic E-state index is -0.120. The molecule has 1 amide bonds. The van der Waals surface area contributed by atoms with E-state index in [0.717, 1.165) is 10.0 Å². The average Bonchev–Trinajstić information content (AvgIpc) is 2.78. The molecule has 1 N–H and O–H groups in total. The van der Waals surface area contributed by atoms with Gasteiger partial charge in [-0.2, -0.15) is 5.10 Å². The number of halogens is 1. The van der Waals surface area contributed by atoms with Gasteiger partial charge in [0.2, 0.25) is 0 Å². The van der Waals surface area contributed by atoms with Gasteiger partial charge in [-0.1, -0.05) is 30.3 Å². The standard InChI is InChI=1S/C13H14BrN3O/c1-2-17-12(11(14)9-16-17)13(18)15-8-10-6-4-3-5-7-10/h3-7,9H,2,8H2,1H3,(H,15,18). The van der Waals surface area contributed by atoms with Crippen molar-refractivity contribution in [1.29, 1.82) is 0 Å². The molecule has 0 aliphatic rings. The van der Waals surface area contributed by atoms with E-state index in [1.165, 1.54) is 0 Å². The number of benzene rings is 1. The Labute approximate surface area is 114 Å². The lowest BCUT2D eigenvalue weighted by Gasteiger charge is -2.07. The van der Waals surface area contributed by atoms with Gasteiger partial charge in [-0.25, -0.2) is 0 Å². The quantitative estimate of drug-likeness (QED) is 0.944. The Morgan fingerprint density at radius 2 is 2.11 bits per heavy atom. The first kappa shape index (κ1) is 12.8. The molecule has 4 nitrogen and oxygen atoms in total. The Balaban J connectivity index is 2.06. The normalized spacial score (nSPS) is 10.3. The van der Waals surface area contributed by atoms with Gasteiger partial charge in [-0.3, -0.25) is 9.48 Å². The van der Waals surface area contributed by atoms with Crippen LogP contribution in [0.2, 0.25) is 0 Å². The maximum absolute atomic E-state index is 12.1. The fraction of sp³-hybridized carbons (Fsp3) is 0.231. The van der Waals surface area contributed by atoms with Crippen LogP contribution in [0, 0.1) is 0 Å². The lowest BCUT2D eigenvalue weighted by Crippen LogP contribution is -2.26. The van der Waals surface area contributed by atoms with E-state index in [-0.39, 0.29) is 5.91 Å². The first-order valence-corrected chi connectivity index (χ1v) is 6.55. The molecule has 1 aromatic carbocycles. The third-order valence-electron chi connectivity index (χ3n) is 2.61. The van der Waals surface area contributed by atoms with Crippen LogP contribution in [0.4, 0.5) is 0 Å². The van der Waals surface area contributed by atoms with E-state index in [9.17, 15) is 4.79 Å². The van der Waals surface area contributed by atoms with Crippen molar-refractivity contribution in [1.82, 2.24) is 15.1 Å². The van der Waals surface area contributed by atoms with Crippen molar-refractivity contribution >= 4 is 21.8 Å². The lowest BCUT2D eigenvalue weighted by molar-refractivity contribution is 0.0939. The van der Waals surface area contributed by atoms with Crippen molar-refractivity contribution in [3.63, 3.8) is 0 Å². The number of carbonyl (C=O) groups excluding carboxylic acids is 1. The van der Waals surface area contributed by atoms with E-state index in [2.05, 4.69) is 26.3 Å². The van der Waals surface area contributed by atoms with Crippen molar-refractivity contribution in [2.24, 2.45) is 0 Å². The van der Waals surface area contributed by atoms with Crippen LogP contribution in [-0.2, 0) is 13.1 Å². The lowest BCUT2D eigenvalue weighted by atomic mass is 10.2. The summed E-state index contributed by atoms with van der Waals surface area (Å²) in [6.07, 6.45) is 1.64. The Morgan fingerprint density at radius 1 is 1.39 bits per heavy atom. The summed E-state index contributed by atoms with van der Waals surface area (Å²) >= 11 is 3.34. The van der Waals surface area contributed by atoms with Gasteiger partial charge in [0.15, 0.2) is 0 Å². The fourth-order valence-corrected chi connectivity index (χ4v) is 2.17. The molecule has 0 aliphatic heterocycles. The predicted molar refractivity (Wildman–Crippen MR) is 73.2 cm³/mol. The summed E-state index contributed by atoms with van der Waals surface area (Å²) in [4.78, 5) is 12.1. The molecule has 0 unspecified atom stereocenters. The highest BCUT2D eigenvalue weighted by Gasteiger charge is 2.15. The van der Waals surface area contributed by atoms with Crippen LogP contribution in [0.1, 0.15) is 23.0 Å². The third kappa shape index (κ3) is 2.79. The highest BCUT2D eigenvalue weighted by atomic mass is 79.9. The van der Waals surface area contributed by atoms with Crippen LogP contribution in [-0.4, -0.2) is 15.7 Å². The second kappa shape index (κ2) is 5.82. The van der Waals surface area contributed by atoms with Crippen molar-refractivity contribution in [2.45, 2.75) is 20.0 Å². The zero-order valence-corrected chi connectivity index (χ0v) is 11.6. The molecule has 0 spiro atoms. The molecule has 2 rings (SSSR count). The summed E-state index contributed by atoms with van der Waals surface area (Å²) in [5.41, 5.74) is 1.64. The van der Waals surface area contributed by atoms with Gasteiger partial charge in [0.25, 0.3) is 5.91 Å². The van der Waals surface area contributed by atoms with E-state index in [0.29, 0.717) is 18.8 Å². The largest absolute Gasteiger partial charge is 0.347 e. The smallest absolute Gasteiger partial charge is 0.270 e. The van der Waals surface area contributed by atoms with Gasteiger partial charge in [-0.05, 0) is 28.4 Å². The van der Waals surface area contributed by atoms with Crippen LogP contribution in [0.25, 0.3) is 0 Å².